The van der Waals surface area contributed by atoms with Crippen molar-refractivity contribution in [3.05, 3.63) is 28.9 Å². The lowest BCUT2D eigenvalue weighted by molar-refractivity contribution is 0.249. The van der Waals surface area contributed by atoms with Crippen molar-refractivity contribution < 1.29 is 4.79 Å². The molecule has 2 aromatic heterocycles. The molecule has 0 aromatic carbocycles. The lowest BCUT2D eigenvalue weighted by Gasteiger charge is -2.17. The van der Waals surface area contributed by atoms with E-state index >= 15 is 0 Å². The number of nitrogens with one attached hydrogen (secondary N) is 2. The third-order valence-electron chi connectivity index (χ3n) is 3.95. The summed E-state index contributed by atoms with van der Waals surface area (Å²) in [5, 5.41) is 25.0. The molecule has 2 aromatic rings. The normalized spacial score (nSPS) is 16.7. The van der Waals surface area contributed by atoms with E-state index in [1.54, 1.807) is 12.1 Å². The average molecular weight is 357 g/mol. The highest BCUT2D eigenvalue weighted by atomic mass is 32.1. The predicted molar refractivity (Wildman–Crippen MR) is 95.7 cm³/mol. The van der Waals surface area contributed by atoms with Crippen molar-refractivity contribution in [2.45, 2.75) is 32.2 Å². The molecule has 9 heteroatoms. The maximum absolute atomic E-state index is 12.1. The third-order valence-corrected chi connectivity index (χ3v) is 4.72. The Balaban J connectivity index is 1.51. The minimum Gasteiger partial charge on any atom is -0.353 e. The third kappa shape index (κ3) is 4.22. The quantitative estimate of drug-likeness (QED) is 0.870. The molecule has 2 N–H and O–H groups in total. The van der Waals surface area contributed by atoms with Crippen LogP contribution in [0, 0.1) is 11.3 Å². The summed E-state index contributed by atoms with van der Waals surface area (Å²) in [4.78, 5) is 18.6. The molecule has 0 radical (unpaired) electrons. The zero-order valence-corrected chi connectivity index (χ0v) is 14.9. The summed E-state index contributed by atoms with van der Waals surface area (Å²) in [6.45, 7) is 5.57. The van der Waals surface area contributed by atoms with Crippen molar-refractivity contribution in [2.24, 2.45) is 0 Å². The van der Waals surface area contributed by atoms with E-state index < -0.39 is 0 Å². The highest BCUT2D eigenvalue weighted by Gasteiger charge is 2.25. The average Bonchev–Trinajstić information content (AvgIpc) is 3.24. The number of carbonyl (C=O) groups is 1. The van der Waals surface area contributed by atoms with E-state index in [9.17, 15) is 4.79 Å². The molecule has 0 saturated carbocycles. The molecule has 25 heavy (non-hydrogen) atoms. The largest absolute Gasteiger partial charge is 0.353 e. The molecule has 130 valence electrons. The summed E-state index contributed by atoms with van der Waals surface area (Å²) in [6.07, 6.45) is 0.824. The molecule has 1 aliphatic heterocycles. The zero-order valence-electron chi connectivity index (χ0n) is 14.1. The van der Waals surface area contributed by atoms with Crippen molar-refractivity contribution in [3.8, 4) is 6.07 Å². The molecule has 1 aliphatic rings. The van der Waals surface area contributed by atoms with Gasteiger partial charge in [-0.05, 0) is 24.5 Å². The highest BCUT2D eigenvalue weighted by Crippen LogP contribution is 2.21. The van der Waals surface area contributed by atoms with Crippen LogP contribution in [-0.2, 0) is 0 Å². The minimum absolute atomic E-state index is 0.0296. The van der Waals surface area contributed by atoms with Crippen LogP contribution in [0.3, 0.4) is 0 Å². The fourth-order valence-electron chi connectivity index (χ4n) is 2.57. The summed E-state index contributed by atoms with van der Waals surface area (Å²) in [7, 11) is 0. The van der Waals surface area contributed by atoms with Crippen LogP contribution in [0.25, 0.3) is 0 Å². The van der Waals surface area contributed by atoms with Crippen molar-refractivity contribution in [3.63, 3.8) is 0 Å². The number of hydrogen-bond donors (Lipinski definition) is 2. The Morgan fingerprint density at radius 2 is 2.28 bits per heavy atom. The fraction of sp³-hybridized carbons (Fsp3) is 0.438. The smallest absolute Gasteiger partial charge is 0.321 e. The molecule has 8 nitrogen and oxygen atoms in total. The van der Waals surface area contributed by atoms with Crippen LogP contribution in [0.4, 0.5) is 15.7 Å². The van der Waals surface area contributed by atoms with Crippen LogP contribution in [0.2, 0.25) is 0 Å². The topological polar surface area (TPSA) is 107 Å². The first-order valence-electron chi connectivity index (χ1n) is 8.07. The van der Waals surface area contributed by atoms with Crippen LogP contribution in [0.1, 0.15) is 37.6 Å². The van der Waals surface area contributed by atoms with Gasteiger partial charge in [0.1, 0.15) is 6.07 Å². The van der Waals surface area contributed by atoms with Crippen molar-refractivity contribution in [1.29, 1.82) is 5.26 Å². The van der Waals surface area contributed by atoms with E-state index in [1.165, 1.54) is 11.3 Å². The Morgan fingerprint density at radius 1 is 1.44 bits per heavy atom. The van der Waals surface area contributed by atoms with Gasteiger partial charge in [0.05, 0.1) is 5.69 Å². The van der Waals surface area contributed by atoms with E-state index in [0.717, 1.165) is 18.7 Å². The number of amides is 2. The molecule has 1 atom stereocenters. The number of hydrogen-bond acceptors (Lipinski definition) is 7. The second-order valence-electron chi connectivity index (χ2n) is 6.15. The number of thiazole rings is 1. The van der Waals surface area contributed by atoms with Crippen molar-refractivity contribution >= 4 is 28.3 Å². The van der Waals surface area contributed by atoms with Crippen LogP contribution >= 0.6 is 11.3 Å². The van der Waals surface area contributed by atoms with Gasteiger partial charge in [-0.2, -0.15) is 5.26 Å². The number of anilines is 2. The number of carbonyl (C=O) groups excluding carboxylic acids is 1. The van der Waals surface area contributed by atoms with E-state index in [0.29, 0.717) is 29.1 Å². The maximum Gasteiger partial charge on any atom is 0.321 e. The second kappa shape index (κ2) is 7.44. The van der Waals surface area contributed by atoms with Crippen molar-refractivity contribution in [2.75, 3.05) is 23.3 Å². The van der Waals surface area contributed by atoms with Gasteiger partial charge in [-0.3, -0.25) is 5.32 Å². The number of aromatic nitrogens is 3. The summed E-state index contributed by atoms with van der Waals surface area (Å²) < 4.78 is 0. The van der Waals surface area contributed by atoms with E-state index in [-0.39, 0.29) is 12.1 Å². The first-order chi connectivity index (χ1) is 12.0. The Hall–Kier alpha value is -2.73. The second-order valence-corrected chi connectivity index (χ2v) is 7.01. The van der Waals surface area contributed by atoms with Crippen LogP contribution in [0.15, 0.2) is 17.5 Å². The molecule has 0 unspecified atom stereocenters. The van der Waals surface area contributed by atoms with Gasteiger partial charge in [-0.1, -0.05) is 13.8 Å². The van der Waals surface area contributed by atoms with Gasteiger partial charge in [0.2, 0.25) is 0 Å². The maximum atomic E-state index is 12.1. The van der Waals surface area contributed by atoms with E-state index in [4.69, 9.17) is 5.26 Å². The van der Waals surface area contributed by atoms with Gasteiger partial charge in [0.15, 0.2) is 16.6 Å². The monoisotopic (exact) mass is 357 g/mol. The number of nitrogens with zero attached hydrogens (tertiary/aromatic N) is 5. The van der Waals surface area contributed by atoms with Crippen molar-refractivity contribution in [1.82, 2.24) is 20.5 Å². The van der Waals surface area contributed by atoms with Crippen LogP contribution in [0.5, 0.6) is 0 Å². The Labute approximate surface area is 149 Å². The van der Waals surface area contributed by atoms with Gasteiger partial charge in [0, 0.05) is 24.5 Å². The summed E-state index contributed by atoms with van der Waals surface area (Å²) in [5.74, 6) is 1.05. The predicted octanol–water partition coefficient (Wildman–Crippen LogP) is 2.33. The summed E-state index contributed by atoms with van der Waals surface area (Å²) in [5.41, 5.74) is 1.27. The van der Waals surface area contributed by atoms with E-state index in [2.05, 4.69) is 39.7 Å². The number of rotatable bonds is 4. The first kappa shape index (κ1) is 17.1. The lowest BCUT2D eigenvalue weighted by atomic mass is 10.2. The summed E-state index contributed by atoms with van der Waals surface area (Å²) >= 11 is 1.43. The Kier molecular flexibility index (Phi) is 5.09. The Morgan fingerprint density at radius 3 is 2.92 bits per heavy atom. The molecule has 0 bridgehead atoms. The molecule has 0 aliphatic carbocycles. The SMILES string of the molecule is CC(C)c1csc(NC(=O)N[C@H]2CCN(c3ccc(C#N)nn3)C2)n1. The van der Waals surface area contributed by atoms with Gasteiger partial charge < -0.3 is 10.2 Å². The van der Waals surface area contributed by atoms with Gasteiger partial charge in [-0.25, -0.2) is 9.78 Å². The zero-order chi connectivity index (χ0) is 17.8. The molecule has 2 amide bonds. The lowest BCUT2D eigenvalue weighted by Crippen LogP contribution is -2.39. The fourth-order valence-corrected chi connectivity index (χ4v) is 3.43. The first-order valence-corrected chi connectivity index (χ1v) is 8.95. The van der Waals surface area contributed by atoms with Crippen LogP contribution in [-0.4, -0.2) is 40.3 Å². The minimum atomic E-state index is -0.248. The van der Waals surface area contributed by atoms with Crippen LogP contribution < -0.4 is 15.5 Å². The number of nitriles is 1. The molecular formula is C16H19N7OS. The molecule has 3 rings (SSSR count). The number of urea groups is 1. The van der Waals surface area contributed by atoms with E-state index in [1.807, 2.05) is 16.3 Å². The summed E-state index contributed by atoms with van der Waals surface area (Å²) in [6, 6.07) is 5.15. The van der Waals surface area contributed by atoms with Gasteiger partial charge in [0.25, 0.3) is 0 Å². The highest BCUT2D eigenvalue weighted by molar-refractivity contribution is 7.13. The molecular weight excluding hydrogens is 338 g/mol. The molecule has 3 heterocycles. The molecule has 1 fully saturated rings. The Bertz CT molecular complexity index is 781. The molecule has 0 spiro atoms. The molecule has 1 saturated heterocycles. The van der Waals surface area contributed by atoms with Gasteiger partial charge in [-0.15, -0.1) is 21.5 Å². The van der Waals surface area contributed by atoms with Gasteiger partial charge >= 0.3 is 6.03 Å². The standard InChI is InChI=1S/C16H19N7OS/c1-10(2)13-9-25-16(19-13)20-15(24)18-12-5-6-23(8-12)14-4-3-11(7-17)21-22-14/h3-4,9-10,12H,5-6,8H2,1-2H3,(H2,18,19,20,24)/t12-/m0/s1.